The highest BCUT2D eigenvalue weighted by Gasteiger charge is 2.27. The van der Waals surface area contributed by atoms with Gasteiger partial charge in [0.25, 0.3) is 0 Å². The molecule has 0 bridgehead atoms. The Hall–Kier alpha value is -1.35. The lowest BCUT2D eigenvalue weighted by Gasteiger charge is -2.39. The SMILES string of the molecule is CCC(=O)N1CC(Cc2ccccc2)NCC1C. The molecule has 3 heteroatoms. The average Bonchev–Trinajstić information content (AvgIpc) is 2.41. The smallest absolute Gasteiger partial charge is 0.222 e. The van der Waals surface area contributed by atoms with E-state index in [2.05, 4.69) is 36.5 Å². The van der Waals surface area contributed by atoms with Crippen molar-refractivity contribution >= 4 is 5.91 Å². The van der Waals surface area contributed by atoms with Crippen molar-refractivity contribution in [2.24, 2.45) is 0 Å². The molecule has 1 saturated heterocycles. The van der Waals surface area contributed by atoms with Crippen molar-refractivity contribution in [2.45, 2.75) is 38.8 Å². The summed E-state index contributed by atoms with van der Waals surface area (Å²) < 4.78 is 0. The number of piperazine rings is 1. The van der Waals surface area contributed by atoms with Gasteiger partial charge in [-0.25, -0.2) is 0 Å². The first-order valence-corrected chi connectivity index (χ1v) is 6.77. The Morgan fingerprint density at radius 1 is 1.39 bits per heavy atom. The van der Waals surface area contributed by atoms with E-state index in [9.17, 15) is 4.79 Å². The maximum atomic E-state index is 11.9. The second-order valence-electron chi connectivity index (χ2n) is 5.04. The van der Waals surface area contributed by atoms with Crippen molar-refractivity contribution in [3.8, 4) is 0 Å². The Bertz CT molecular complexity index is 391. The molecule has 2 rings (SSSR count). The normalized spacial score (nSPS) is 24.0. The zero-order valence-corrected chi connectivity index (χ0v) is 11.2. The van der Waals surface area contributed by atoms with Gasteiger partial charge in [0, 0.05) is 31.6 Å². The van der Waals surface area contributed by atoms with Gasteiger partial charge in [-0.1, -0.05) is 37.3 Å². The molecule has 0 aliphatic carbocycles. The van der Waals surface area contributed by atoms with E-state index in [4.69, 9.17) is 0 Å². The zero-order valence-electron chi connectivity index (χ0n) is 11.2. The Labute approximate surface area is 109 Å². The van der Waals surface area contributed by atoms with E-state index < -0.39 is 0 Å². The quantitative estimate of drug-likeness (QED) is 0.882. The molecule has 0 spiro atoms. The molecule has 2 unspecified atom stereocenters. The minimum absolute atomic E-state index is 0.266. The number of hydrogen-bond donors (Lipinski definition) is 1. The molecule has 18 heavy (non-hydrogen) atoms. The first-order valence-electron chi connectivity index (χ1n) is 6.77. The van der Waals surface area contributed by atoms with Crippen LogP contribution in [-0.4, -0.2) is 36.0 Å². The molecule has 1 aromatic carbocycles. The van der Waals surface area contributed by atoms with E-state index in [0.717, 1.165) is 19.5 Å². The van der Waals surface area contributed by atoms with Gasteiger partial charge in [-0.3, -0.25) is 4.79 Å². The van der Waals surface area contributed by atoms with Crippen LogP contribution in [-0.2, 0) is 11.2 Å². The number of nitrogens with one attached hydrogen (secondary N) is 1. The third-order valence-corrected chi connectivity index (χ3v) is 3.60. The number of carbonyl (C=O) groups is 1. The Balaban J connectivity index is 1.97. The molecule has 2 atom stereocenters. The summed E-state index contributed by atoms with van der Waals surface area (Å²) in [6, 6.07) is 11.1. The molecule has 1 fully saturated rings. The van der Waals surface area contributed by atoms with Crippen molar-refractivity contribution in [2.75, 3.05) is 13.1 Å². The Morgan fingerprint density at radius 2 is 2.11 bits per heavy atom. The molecule has 3 nitrogen and oxygen atoms in total. The molecule has 1 aliphatic heterocycles. The van der Waals surface area contributed by atoms with Gasteiger partial charge in [0.1, 0.15) is 0 Å². The van der Waals surface area contributed by atoms with Gasteiger partial charge in [0.15, 0.2) is 0 Å². The minimum Gasteiger partial charge on any atom is -0.337 e. The van der Waals surface area contributed by atoms with Crippen LogP contribution >= 0.6 is 0 Å². The van der Waals surface area contributed by atoms with Gasteiger partial charge >= 0.3 is 0 Å². The fourth-order valence-electron chi connectivity index (χ4n) is 2.52. The summed E-state index contributed by atoms with van der Waals surface area (Å²) in [5, 5.41) is 3.53. The Kier molecular flexibility index (Phi) is 4.37. The lowest BCUT2D eigenvalue weighted by molar-refractivity contribution is -0.134. The maximum Gasteiger partial charge on any atom is 0.222 e. The minimum atomic E-state index is 0.266. The number of rotatable bonds is 3. The zero-order chi connectivity index (χ0) is 13.0. The van der Waals surface area contributed by atoms with Crippen LogP contribution in [0, 0.1) is 0 Å². The van der Waals surface area contributed by atoms with Crippen LogP contribution in [0.3, 0.4) is 0 Å². The second kappa shape index (κ2) is 6.01. The predicted molar refractivity (Wildman–Crippen MR) is 73.4 cm³/mol. The standard InChI is InChI=1S/C15H22N2O/c1-3-15(18)17-11-14(16-10-12(17)2)9-13-7-5-4-6-8-13/h4-8,12,14,16H,3,9-11H2,1-2H3. The average molecular weight is 246 g/mol. The third kappa shape index (κ3) is 3.10. The van der Waals surface area contributed by atoms with E-state index in [1.807, 2.05) is 17.9 Å². The van der Waals surface area contributed by atoms with Crippen molar-refractivity contribution in [1.29, 1.82) is 0 Å². The summed E-state index contributed by atoms with van der Waals surface area (Å²) in [7, 11) is 0. The Morgan fingerprint density at radius 3 is 2.78 bits per heavy atom. The molecule has 1 amide bonds. The number of benzene rings is 1. The molecule has 1 aromatic rings. The van der Waals surface area contributed by atoms with Crippen LogP contribution in [0.5, 0.6) is 0 Å². The highest BCUT2D eigenvalue weighted by molar-refractivity contribution is 5.76. The molecule has 1 N–H and O–H groups in total. The van der Waals surface area contributed by atoms with E-state index in [0.29, 0.717) is 18.5 Å². The summed E-state index contributed by atoms with van der Waals surface area (Å²) in [6.07, 6.45) is 1.59. The van der Waals surface area contributed by atoms with E-state index >= 15 is 0 Å². The molecule has 1 aliphatic rings. The molecule has 0 radical (unpaired) electrons. The fraction of sp³-hybridized carbons (Fsp3) is 0.533. The predicted octanol–water partition coefficient (Wildman–Crippen LogP) is 1.83. The van der Waals surface area contributed by atoms with Crippen LogP contribution in [0.2, 0.25) is 0 Å². The monoisotopic (exact) mass is 246 g/mol. The molecule has 0 aromatic heterocycles. The molecule has 98 valence electrons. The molecular formula is C15H22N2O. The van der Waals surface area contributed by atoms with Gasteiger partial charge in [-0.05, 0) is 18.9 Å². The van der Waals surface area contributed by atoms with E-state index in [-0.39, 0.29) is 5.91 Å². The lowest BCUT2D eigenvalue weighted by Crippen LogP contribution is -2.57. The van der Waals surface area contributed by atoms with E-state index in [1.54, 1.807) is 0 Å². The summed E-state index contributed by atoms with van der Waals surface area (Å²) in [6.45, 7) is 5.76. The number of amides is 1. The summed E-state index contributed by atoms with van der Waals surface area (Å²) in [5.74, 6) is 0.266. The van der Waals surface area contributed by atoms with Crippen LogP contribution in [0.4, 0.5) is 0 Å². The van der Waals surface area contributed by atoms with Crippen LogP contribution in [0.1, 0.15) is 25.8 Å². The van der Waals surface area contributed by atoms with Crippen LogP contribution in [0.15, 0.2) is 30.3 Å². The second-order valence-corrected chi connectivity index (χ2v) is 5.04. The van der Waals surface area contributed by atoms with Crippen LogP contribution in [0.25, 0.3) is 0 Å². The highest BCUT2D eigenvalue weighted by atomic mass is 16.2. The fourth-order valence-corrected chi connectivity index (χ4v) is 2.52. The highest BCUT2D eigenvalue weighted by Crippen LogP contribution is 2.12. The van der Waals surface area contributed by atoms with Gasteiger partial charge in [-0.2, -0.15) is 0 Å². The number of nitrogens with zero attached hydrogens (tertiary/aromatic N) is 1. The van der Waals surface area contributed by atoms with Crippen molar-refractivity contribution in [1.82, 2.24) is 10.2 Å². The summed E-state index contributed by atoms with van der Waals surface area (Å²) >= 11 is 0. The lowest BCUT2D eigenvalue weighted by atomic mass is 10.0. The first-order chi connectivity index (χ1) is 8.70. The molecular weight excluding hydrogens is 224 g/mol. The van der Waals surface area contributed by atoms with Gasteiger partial charge < -0.3 is 10.2 Å². The van der Waals surface area contributed by atoms with E-state index in [1.165, 1.54) is 5.56 Å². The summed E-state index contributed by atoms with van der Waals surface area (Å²) in [4.78, 5) is 13.9. The number of carbonyl (C=O) groups excluding carboxylic acids is 1. The largest absolute Gasteiger partial charge is 0.337 e. The third-order valence-electron chi connectivity index (χ3n) is 3.60. The first kappa shape index (κ1) is 13.1. The number of hydrogen-bond acceptors (Lipinski definition) is 2. The van der Waals surface area contributed by atoms with Crippen molar-refractivity contribution in [3.63, 3.8) is 0 Å². The van der Waals surface area contributed by atoms with Gasteiger partial charge in [0.05, 0.1) is 0 Å². The molecule has 0 saturated carbocycles. The summed E-state index contributed by atoms with van der Waals surface area (Å²) in [5.41, 5.74) is 1.33. The topological polar surface area (TPSA) is 32.3 Å². The van der Waals surface area contributed by atoms with Crippen molar-refractivity contribution < 1.29 is 4.79 Å². The van der Waals surface area contributed by atoms with Crippen molar-refractivity contribution in [3.05, 3.63) is 35.9 Å². The van der Waals surface area contributed by atoms with Crippen LogP contribution < -0.4 is 5.32 Å². The maximum absolute atomic E-state index is 11.9. The van der Waals surface area contributed by atoms with Gasteiger partial charge in [0.2, 0.25) is 5.91 Å². The van der Waals surface area contributed by atoms with Gasteiger partial charge in [-0.15, -0.1) is 0 Å². The molecule has 1 heterocycles.